The molecular weight excluding hydrogens is 500 g/mol. The minimum atomic E-state index is -3.73. The zero-order valence-electron chi connectivity index (χ0n) is 19.6. The molecular formula is C26H24N2O6S2. The van der Waals surface area contributed by atoms with Gasteiger partial charge in [0.2, 0.25) is 10.0 Å². The molecule has 1 aromatic heterocycles. The molecule has 0 aliphatic carbocycles. The highest BCUT2D eigenvalue weighted by molar-refractivity contribution is 7.89. The monoisotopic (exact) mass is 524 g/mol. The summed E-state index contributed by atoms with van der Waals surface area (Å²) in [6.07, 6.45) is 0. The standard InChI is InChI=1S/C26H24N2O6S2/c1-17(18-6-4-3-5-7-18)28-36(31,32)22-11-9-21(10-12-22)34-16-25(29)27-20-8-13-23-19(14-20)15-24(35-23)26(30)33-2/h3-15,17,28H,16H2,1-2H3,(H,27,29)/t17-/m0/s1. The van der Waals surface area contributed by atoms with Crippen LogP contribution in [0.1, 0.15) is 28.2 Å². The largest absolute Gasteiger partial charge is 0.484 e. The number of esters is 1. The molecule has 36 heavy (non-hydrogen) atoms. The van der Waals surface area contributed by atoms with Gasteiger partial charge < -0.3 is 14.8 Å². The van der Waals surface area contributed by atoms with Crippen molar-refractivity contribution in [2.24, 2.45) is 0 Å². The van der Waals surface area contributed by atoms with Crippen molar-refractivity contribution in [2.75, 3.05) is 19.0 Å². The lowest BCUT2D eigenvalue weighted by Crippen LogP contribution is -2.26. The summed E-state index contributed by atoms with van der Waals surface area (Å²) in [7, 11) is -2.41. The van der Waals surface area contributed by atoms with E-state index in [4.69, 9.17) is 9.47 Å². The molecule has 1 atom stereocenters. The first-order valence-electron chi connectivity index (χ1n) is 11.0. The van der Waals surface area contributed by atoms with Crippen LogP contribution in [0.5, 0.6) is 5.75 Å². The predicted octanol–water partition coefficient (Wildman–Crippen LogP) is 4.74. The number of amides is 1. The molecule has 0 aliphatic rings. The zero-order chi connectivity index (χ0) is 25.7. The first-order chi connectivity index (χ1) is 17.2. The lowest BCUT2D eigenvalue weighted by atomic mass is 10.1. The number of anilines is 1. The van der Waals surface area contributed by atoms with Crippen molar-refractivity contribution in [3.63, 3.8) is 0 Å². The normalized spacial score (nSPS) is 12.2. The van der Waals surface area contributed by atoms with E-state index >= 15 is 0 Å². The van der Waals surface area contributed by atoms with Gasteiger partial charge in [-0.05, 0) is 66.4 Å². The maximum atomic E-state index is 12.7. The van der Waals surface area contributed by atoms with Crippen LogP contribution in [0, 0.1) is 0 Å². The van der Waals surface area contributed by atoms with E-state index in [2.05, 4.69) is 10.0 Å². The number of sulfonamides is 1. The van der Waals surface area contributed by atoms with Gasteiger partial charge in [0.15, 0.2) is 6.61 Å². The van der Waals surface area contributed by atoms with E-state index in [-0.39, 0.29) is 17.4 Å². The lowest BCUT2D eigenvalue weighted by molar-refractivity contribution is -0.118. The molecule has 8 nitrogen and oxygen atoms in total. The van der Waals surface area contributed by atoms with Crippen LogP contribution >= 0.6 is 11.3 Å². The van der Waals surface area contributed by atoms with Crippen molar-refractivity contribution in [2.45, 2.75) is 17.9 Å². The highest BCUT2D eigenvalue weighted by Crippen LogP contribution is 2.28. The van der Waals surface area contributed by atoms with Gasteiger partial charge in [-0.2, -0.15) is 0 Å². The molecule has 0 radical (unpaired) electrons. The predicted molar refractivity (Wildman–Crippen MR) is 139 cm³/mol. The number of rotatable bonds is 9. The Morgan fingerprint density at radius 1 is 0.972 bits per heavy atom. The quantitative estimate of drug-likeness (QED) is 0.306. The molecule has 0 unspecified atom stereocenters. The summed E-state index contributed by atoms with van der Waals surface area (Å²) in [5, 5.41) is 3.56. The molecule has 0 bridgehead atoms. The van der Waals surface area contributed by atoms with Crippen LogP contribution in [0.2, 0.25) is 0 Å². The summed E-state index contributed by atoms with van der Waals surface area (Å²) < 4.78 is 39.2. The van der Waals surface area contributed by atoms with Crippen LogP contribution < -0.4 is 14.8 Å². The topological polar surface area (TPSA) is 111 Å². The van der Waals surface area contributed by atoms with E-state index in [1.807, 2.05) is 36.4 Å². The van der Waals surface area contributed by atoms with Crippen molar-refractivity contribution >= 4 is 49.0 Å². The van der Waals surface area contributed by atoms with Crippen LogP contribution in [0.25, 0.3) is 10.1 Å². The van der Waals surface area contributed by atoms with Crippen LogP contribution in [-0.4, -0.2) is 34.0 Å². The van der Waals surface area contributed by atoms with E-state index < -0.39 is 22.0 Å². The number of carbonyl (C=O) groups is 2. The third-order valence-electron chi connectivity index (χ3n) is 5.32. The fourth-order valence-electron chi connectivity index (χ4n) is 3.49. The van der Waals surface area contributed by atoms with E-state index in [1.165, 1.54) is 42.7 Å². The Hall–Kier alpha value is -3.73. The van der Waals surface area contributed by atoms with Crippen molar-refractivity contribution in [1.29, 1.82) is 0 Å². The first kappa shape index (κ1) is 25.4. The van der Waals surface area contributed by atoms with E-state index in [1.54, 1.807) is 25.1 Å². The number of fused-ring (bicyclic) bond motifs is 1. The molecule has 10 heteroatoms. The van der Waals surface area contributed by atoms with Gasteiger partial charge in [-0.25, -0.2) is 17.9 Å². The molecule has 0 saturated heterocycles. The van der Waals surface area contributed by atoms with Crippen molar-refractivity contribution in [3.05, 3.63) is 89.3 Å². The SMILES string of the molecule is COC(=O)c1cc2cc(NC(=O)COc3ccc(S(=O)(=O)N[C@@H](C)c4ccccc4)cc3)ccc2s1. The summed E-state index contributed by atoms with van der Waals surface area (Å²) in [5.41, 5.74) is 1.42. The third-order valence-corrected chi connectivity index (χ3v) is 7.97. The maximum Gasteiger partial charge on any atom is 0.348 e. The second kappa shape index (κ2) is 10.9. The summed E-state index contributed by atoms with van der Waals surface area (Å²) >= 11 is 1.31. The highest BCUT2D eigenvalue weighted by Gasteiger charge is 2.18. The van der Waals surface area contributed by atoms with Crippen LogP contribution in [0.3, 0.4) is 0 Å². The average molecular weight is 525 g/mol. The van der Waals surface area contributed by atoms with Gasteiger partial charge in [-0.1, -0.05) is 30.3 Å². The summed E-state index contributed by atoms with van der Waals surface area (Å²) in [5.74, 6) is -0.431. The van der Waals surface area contributed by atoms with Gasteiger partial charge in [-0.3, -0.25) is 4.79 Å². The molecule has 0 fully saturated rings. The lowest BCUT2D eigenvalue weighted by Gasteiger charge is -2.15. The van der Waals surface area contributed by atoms with Gasteiger partial charge in [0, 0.05) is 16.4 Å². The Kier molecular flexibility index (Phi) is 7.68. The molecule has 0 aliphatic heterocycles. The number of methoxy groups -OCH3 is 1. The molecule has 4 rings (SSSR count). The number of carbonyl (C=O) groups excluding carboxylic acids is 2. The smallest absolute Gasteiger partial charge is 0.348 e. The maximum absolute atomic E-state index is 12.7. The molecule has 4 aromatic rings. The van der Waals surface area contributed by atoms with E-state index in [0.29, 0.717) is 16.3 Å². The van der Waals surface area contributed by atoms with Crippen molar-refractivity contribution < 1.29 is 27.5 Å². The number of hydrogen-bond donors (Lipinski definition) is 2. The number of thiophene rings is 1. The second-order valence-electron chi connectivity index (χ2n) is 7.92. The Balaban J connectivity index is 1.33. The summed E-state index contributed by atoms with van der Waals surface area (Å²) in [4.78, 5) is 24.6. The first-order valence-corrected chi connectivity index (χ1v) is 13.3. The molecule has 1 heterocycles. The number of benzene rings is 3. The van der Waals surface area contributed by atoms with Gasteiger partial charge >= 0.3 is 5.97 Å². The number of nitrogens with one attached hydrogen (secondary N) is 2. The minimum Gasteiger partial charge on any atom is -0.484 e. The van der Waals surface area contributed by atoms with Crippen molar-refractivity contribution in [3.8, 4) is 5.75 Å². The van der Waals surface area contributed by atoms with Crippen LogP contribution in [0.15, 0.2) is 83.8 Å². The molecule has 186 valence electrons. The molecule has 2 N–H and O–H groups in total. The van der Waals surface area contributed by atoms with Gasteiger partial charge in [0.1, 0.15) is 10.6 Å². The summed E-state index contributed by atoms with van der Waals surface area (Å²) in [6, 6.07) is 21.8. The zero-order valence-corrected chi connectivity index (χ0v) is 21.2. The van der Waals surface area contributed by atoms with Crippen LogP contribution in [0.4, 0.5) is 5.69 Å². The Labute approximate surface area is 212 Å². The third kappa shape index (κ3) is 6.09. The van der Waals surface area contributed by atoms with E-state index in [0.717, 1.165) is 15.6 Å². The Bertz CT molecular complexity index is 1480. The Morgan fingerprint density at radius 2 is 1.69 bits per heavy atom. The van der Waals surface area contributed by atoms with Gasteiger partial charge in [0.05, 0.1) is 12.0 Å². The van der Waals surface area contributed by atoms with E-state index in [9.17, 15) is 18.0 Å². The van der Waals surface area contributed by atoms with Crippen LogP contribution in [-0.2, 0) is 19.6 Å². The summed E-state index contributed by atoms with van der Waals surface area (Å²) in [6.45, 7) is 1.52. The second-order valence-corrected chi connectivity index (χ2v) is 10.7. The van der Waals surface area contributed by atoms with Crippen molar-refractivity contribution in [1.82, 2.24) is 4.72 Å². The number of ether oxygens (including phenoxy) is 2. The Morgan fingerprint density at radius 3 is 2.39 bits per heavy atom. The molecule has 0 saturated carbocycles. The average Bonchev–Trinajstić information content (AvgIpc) is 3.31. The highest BCUT2D eigenvalue weighted by atomic mass is 32.2. The fourth-order valence-corrected chi connectivity index (χ4v) is 5.69. The van der Waals surface area contributed by atoms with Gasteiger partial charge in [0.25, 0.3) is 5.91 Å². The molecule has 1 amide bonds. The fraction of sp³-hybridized carbons (Fsp3) is 0.154. The molecule has 3 aromatic carbocycles. The minimum absolute atomic E-state index is 0.0949. The van der Waals surface area contributed by atoms with Gasteiger partial charge in [-0.15, -0.1) is 11.3 Å². The number of hydrogen-bond acceptors (Lipinski definition) is 7. The molecule has 0 spiro atoms.